The standard InChI is InChI=1S/C21H20/c1-16-9-11-18(12-10-16)6-4-7-19-13-14-21-17(2)5-3-8-20(21)15-19/h3-14H,15H2,1-2H3/b6-4+,19-7-. The number of benzene rings is 2. The van der Waals surface area contributed by atoms with Gasteiger partial charge in [0.25, 0.3) is 0 Å². The third-order valence-corrected chi connectivity index (χ3v) is 3.95. The van der Waals surface area contributed by atoms with Gasteiger partial charge in [-0.15, -0.1) is 0 Å². The molecular formula is C21H20. The fourth-order valence-electron chi connectivity index (χ4n) is 2.68. The van der Waals surface area contributed by atoms with Gasteiger partial charge in [-0.2, -0.15) is 0 Å². The molecule has 0 spiro atoms. The van der Waals surface area contributed by atoms with Crippen LogP contribution in [0.3, 0.4) is 0 Å². The molecule has 1 aliphatic carbocycles. The summed E-state index contributed by atoms with van der Waals surface area (Å²) in [5, 5.41) is 0. The van der Waals surface area contributed by atoms with Gasteiger partial charge in [-0.25, -0.2) is 0 Å². The zero-order valence-electron chi connectivity index (χ0n) is 12.6. The molecule has 0 saturated heterocycles. The molecule has 0 atom stereocenters. The number of allylic oxidation sites excluding steroid dienone is 4. The van der Waals surface area contributed by atoms with Gasteiger partial charge in [0.2, 0.25) is 0 Å². The lowest BCUT2D eigenvalue weighted by molar-refractivity contribution is 1.16. The van der Waals surface area contributed by atoms with Crippen molar-refractivity contribution >= 4 is 12.2 Å². The van der Waals surface area contributed by atoms with E-state index < -0.39 is 0 Å². The van der Waals surface area contributed by atoms with Crippen LogP contribution < -0.4 is 0 Å². The van der Waals surface area contributed by atoms with E-state index in [-0.39, 0.29) is 0 Å². The van der Waals surface area contributed by atoms with E-state index in [0.29, 0.717) is 0 Å². The summed E-state index contributed by atoms with van der Waals surface area (Å²) in [6, 6.07) is 15.1. The molecule has 0 N–H and O–H groups in total. The molecule has 0 aliphatic heterocycles. The molecule has 0 radical (unpaired) electrons. The largest absolute Gasteiger partial charge is 0.0617 e. The Labute approximate surface area is 127 Å². The quantitative estimate of drug-likeness (QED) is 0.676. The van der Waals surface area contributed by atoms with Crippen LogP contribution >= 0.6 is 0 Å². The second-order valence-corrected chi connectivity index (χ2v) is 5.67. The van der Waals surface area contributed by atoms with Gasteiger partial charge >= 0.3 is 0 Å². The first-order valence-electron chi connectivity index (χ1n) is 7.43. The lowest BCUT2D eigenvalue weighted by atomic mass is 9.91. The Morgan fingerprint density at radius 2 is 1.71 bits per heavy atom. The van der Waals surface area contributed by atoms with Crippen molar-refractivity contribution in [3.8, 4) is 0 Å². The summed E-state index contributed by atoms with van der Waals surface area (Å²) in [6.07, 6.45) is 12.0. The third kappa shape index (κ3) is 3.22. The highest BCUT2D eigenvalue weighted by Crippen LogP contribution is 2.25. The Morgan fingerprint density at radius 3 is 2.52 bits per heavy atom. The predicted molar refractivity (Wildman–Crippen MR) is 92.2 cm³/mol. The fourth-order valence-corrected chi connectivity index (χ4v) is 2.68. The maximum Gasteiger partial charge on any atom is -0.00197 e. The topological polar surface area (TPSA) is 0 Å². The van der Waals surface area contributed by atoms with E-state index in [2.05, 4.69) is 86.7 Å². The summed E-state index contributed by atoms with van der Waals surface area (Å²) >= 11 is 0. The van der Waals surface area contributed by atoms with Crippen LogP contribution in [0, 0.1) is 13.8 Å². The van der Waals surface area contributed by atoms with E-state index in [4.69, 9.17) is 0 Å². The van der Waals surface area contributed by atoms with Crippen LogP contribution in [0.25, 0.3) is 12.2 Å². The van der Waals surface area contributed by atoms with Gasteiger partial charge in [-0.05, 0) is 48.1 Å². The molecule has 0 bridgehead atoms. The number of hydrogen-bond donors (Lipinski definition) is 0. The minimum absolute atomic E-state index is 1.02. The molecule has 0 amide bonds. The van der Waals surface area contributed by atoms with Gasteiger partial charge in [0.05, 0.1) is 0 Å². The first-order valence-corrected chi connectivity index (χ1v) is 7.43. The lowest BCUT2D eigenvalue weighted by Gasteiger charge is -2.14. The minimum atomic E-state index is 1.02. The van der Waals surface area contributed by atoms with Crippen molar-refractivity contribution in [3.05, 3.63) is 94.1 Å². The van der Waals surface area contributed by atoms with E-state index in [1.807, 2.05) is 0 Å². The molecule has 2 aromatic rings. The Morgan fingerprint density at radius 1 is 0.905 bits per heavy atom. The molecule has 0 saturated carbocycles. The molecule has 1 aliphatic rings. The maximum atomic E-state index is 2.24. The highest BCUT2D eigenvalue weighted by atomic mass is 14.1. The van der Waals surface area contributed by atoms with Gasteiger partial charge in [0.15, 0.2) is 0 Å². The molecule has 21 heavy (non-hydrogen) atoms. The Hall–Kier alpha value is -2.34. The summed E-state index contributed by atoms with van der Waals surface area (Å²) in [5.74, 6) is 0. The van der Waals surface area contributed by atoms with Crippen LogP contribution in [-0.4, -0.2) is 0 Å². The lowest BCUT2D eigenvalue weighted by Crippen LogP contribution is -1.98. The molecule has 104 valence electrons. The average molecular weight is 272 g/mol. The normalized spacial score (nSPS) is 15.6. The smallest absolute Gasteiger partial charge is 0.00197 e. The van der Waals surface area contributed by atoms with Crippen molar-refractivity contribution < 1.29 is 0 Å². The zero-order valence-corrected chi connectivity index (χ0v) is 12.6. The van der Waals surface area contributed by atoms with Crippen molar-refractivity contribution in [2.24, 2.45) is 0 Å². The van der Waals surface area contributed by atoms with Gasteiger partial charge in [0.1, 0.15) is 0 Å². The first kappa shape index (κ1) is 13.6. The Bertz CT molecular complexity index is 725. The van der Waals surface area contributed by atoms with Crippen LogP contribution in [0.15, 0.2) is 66.3 Å². The van der Waals surface area contributed by atoms with Crippen LogP contribution in [0.5, 0.6) is 0 Å². The molecule has 0 unspecified atom stereocenters. The van der Waals surface area contributed by atoms with E-state index in [9.17, 15) is 0 Å². The Kier molecular flexibility index (Phi) is 3.87. The van der Waals surface area contributed by atoms with Crippen molar-refractivity contribution in [3.63, 3.8) is 0 Å². The molecule has 3 rings (SSSR count). The molecule has 0 aromatic heterocycles. The SMILES string of the molecule is Cc1ccc(/C=C/C=C2/C=Cc3c(C)cccc3C2)cc1. The molecular weight excluding hydrogens is 252 g/mol. The monoisotopic (exact) mass is 272 g/mol. The van der Waals surface area contributed by atoms with E-state index in [1.165, 1.54) is 33.4 Å². The summed E-state index contributed by atoms with van der Waals surface area (Å²) < 4.78 is 0. The van der Waals surface area contributed by atoms with Crippen molar-refractivity contribution in [2.75, 3.05) is 0 Å². The summed E-state index contributed by atoms with van der Waals surface area (Å²) in [7, 11) is 0. The first-order chi connectivity index (χ1) is 10.2. The second-order valence-electron chi connectivity index (χ2n) is 5.67. The highest BCUT2D eigenvalue weighted by Gasteiger charge is 2.08. The predicted octanol–water partition coefficient (Wildman–Crippen LogP) is 5.51. The van der Waals surface area contributed by atoms with Gasteiger partial charge in [-0.1, -0.05) is 78.4 Å². The summed E-state index contributed by atoms with van der Waals surface area (Å²) in [6.45, 7) is 4.29. The maximum absolute atomic E-state index is 2.24. The summed E-state index contributed by atoms with van der Waals surface area (Å²) in [4.78, 5) is 0. The molecule has 0 heteroatoms. The number of aryl methyl sites for hydroxylation is 2. The van der Waals surface area contributed by atoms with Crippen LogP contribution in [0.4, 0.5) is 0 Å². The Balaban J connectivity index is 1.76. The van der Waals surface area contributed by atoms with E-state index in [0.717, 1.165) is 6.42 Å². The molecule has 0 fully saturated rings. The molecule has 2 aromatic carbocycles. The molecule has 0 nitrogen and oxygen atoms in total. The third-order valence-electron chi connectivity index (χ3n) is 3.95. The van der Waals surface area contributed by atoms with Gasteiger partial charge < -0.3 is 0 Å². The van der Waals surface area contributed by atoms with Crippen molar-refractivity contribution in [1.82, 2.24) is 0 Å². The van der Waals surface area contributed by atoms with Crippen LogP contribution in [0.1, 0.15) is 27.8 Å². The highest BCUT2D eigenvalue weighted by molar-refractivity contribution is 5.65. The number of rotatable bonds is 2. The van der Waals surface area contributed by atoms with E-state index in [1.54, 1.807) is 0 Å². The van der Waals surface area contributed by atoms with Crippen LogP contribution in [0.2, 0.25) is 0 Å². The van der Waals surface area contributed by atoms with E-state index >= 15 is 0 Å². The second kappa shape index (κ2) is 5.97. The average Bonchev–Trinajstić information content (AvgIpc) is 2.49. The van der Waals surface area contributed by atoms with Gasteiger partial charge in [-0.3, -0.25) is 0 Å². The summed E-state index contributed by atoms with van der Waals surface area (Å²) in [5.41, 5.74) is 8.07. The zero-order chi connectivity index (χ0) is 14.7. The van der Waals surface area contributed by atoms with Crippen molar-refractivity contribution in [1.29, 1.82) is 0 Å². The van der Waals surface area contributed by atoms with Crippen molar-refractivity contribution in [2.45, 2.75) is 20.3 Å². The fraction of sp³-hybridized carbons (Fsp3) is 0.143. The minimum Gasteiger partial charge on any atom is -0.0617 e. The molecule has 0 heterocycles. The van der Waals surface area contributed by atoms with Crippen LogP contribution in [-0.2, 0) is 6.42 Å². The number of fused-ring (bicyclic) bond motifs is 1. The number of hydrogen-bond acceptors (Lipinski definition) is 0. The van der Waals surface area contributed by atoms with Gasteiger partial charge in [0, 0.05) is 0 Å².